The van der Waals surface area contributed by atoms with Gasteiger partial charge in [0, 0.05) is 10.6 Å². The van der Waals surface area contributed by atoms with Crippen molar-refractivity contribution in [1.29, 1.82) is 5.26 Å². The van der Waals surface area contributed by atoms with Crippen LogP contribution in [0.4, 0.5) is 0 Å². The number of benzene rings is 2. The van der Waals surface area contributed by atoms with Crippen LogP contribution in [0.1, 0.15) is 16.7 Å². The lowest BCUT2D eigenvalue weighted by molar-refractivity contribution is 1.39. The largest absolute Gasteiger partial charge is 0.192 e. The van der Waals surface area contributed by atoms with Gasteiger partial charge in [0.25, 0.3) is 0 Å². The molecule has 0 aliphatic rings. The predicted octanol–water partition coefficient (Wildman–Crippen LogP) is 4.50. The molecule has 2 aromatic carbocycles. The Kier molecular flexibility index (Phi) is 3.17. The van der Waals surface area contributed by atoms with Gasteiger partial charge in [-0.05, 0) is 37.1 Å². The molecule has 84 valence electrons. The summed E-state index contributed by atoms with van der Waals surface area (Å²) in [5, 5.41) is 9.44. The SMILES string of the molecule is Cc1ccc(C)c(-c2ccc(C#N)cc2Cl)c1. The second-order valence-corrected chi connectivity index (χ2v) is 4.53. The first-order valence-electron chi connectivity index (χ1n) is 5.39. The minimum absolute atomic E-state index is 0.587. The third-order valence-corrected chi connectivity index (χ3v) is 3.09. The zero-order valence-corrected chi connectivity index (χ0v) is 10.5. The smallest absolute Gasteiger partial charge is 0.0992 e. The molecular weight excluding hydrogens is 230 g/mol. The fourth-order valence-corrected chi connectivity index (χ4v) is 2.11. The molecule has 2 heteroatoms. The Morgan fingerprint density at radius 3 is 2.41 bits per heavy atom. The summed E-state index contributed by atoms with van der Waals surface area (Å²) < 4.78 is 0. The summed E-state index contributed by atoms with van der Waals surface area (Å²) in [6.45, 7) is 4.11. The van der Waals surface area contributed by atoms with Gasteiger partial charge in [-0.15, -0.1) is 0 Å². The molecule has 17 heavy (non-hydrogen) atoms. The number of rotatable bonds is 1. The van der Waals surface area contributed by atoms with Crippen molar-refractivity contribution in [2.75, 3.05) is 0 Å². The molecule has 0 bridgehead atoms. The fourth-order valence-electron chi connectivity index (χ4n) is 1.83. The second kappa shape index (κ2) is 4.61. The summed E-state index contributed by atoms with van der Waals surface area (Å²) in [6.07, 6.45) is 0. The Balaban J connectivity index is 2.61. The van der Waals surface area contributed by atoms with Crippen molar-refractivity contribution in [2.24, 2.45) is 0 Å². The second-order valence-electron chi connectivity index (χ2n) is 4.12. The summed E-state index contributed by atoms with van der Waals surface area (Å²) in [7, 11) is 0. The molecular formula is C15H12ClN. The van der Waals surface area contributed by atoms with Crippen molar-refractivity contribution in [2.45, 2.75) is 13.8 Å². The van der Waals surface area contributed by atoms with Crippen molar-refractivity contribution < 1.29 is 0 Å². The highest BCUT2D eigenvalue weighted by molar-refractivity contribution is 6.33. The molecule has 2 aromatic rings. The number of nitriles is 1. The quantitative estimate of drug-likeness (QED) is 0.721. The van der Waals surface area contributed by atoms with Gasteiger partial charge in [0.15, 0.2) is 0 Å². The van der Waals surface area contributed by atoms with E-state index in [1.54, 1.807) is 12.1 Å². The van der Waals surface area contributed by atoms with Crippen LogP contribution in [-0.4, -0.2) is 0 Å². The lowest BCUT2D eigenvalue weighted by atomic mass is 9.97. The Bertz CT molecular complexity index is 609. The van der Waals surface area contributed by atoms with E-state index in [0.717, 1.165) is 11.1 Å². The van der Waals surface area contributed by atoms with Gasteiger partial charge in [-0.2, -0.15) is 5.26 Å². The minimum Gasteiger partial charge on any atom is -0.192 e. The number of halogens is 1. The molecule has 0 aromatic heterocycles. The molecule has 1 nitrogen and oxygen atoms in total. The van der Waals surface area contributed by atoms with Crippen molar-refractivity contribution in [1.82, 2.24) is 0 Å². The Morgan fingerprint density at radius 1 is 1.00 bits per heavy atom. The van der Waals surface area contributed by atoms with E-state index in [-0.39, 0.29) is 0 Å². The summed E-state index contributed by atoms with van der Waals surface area (Å²) in [6, 6.07) is 13.8. The summed E-state index contributed by atoms with van der Waals surface area (Å²) >= 11 is 6.22. The third kappa shape index (κ3) is 2.33. The van der Waals surface area contributed by atoms with Crippen molar-refractivity contribution in [3.05, 3.63) is 58.1 Å². The molecule has 0 saturated carbocycles. The van der Waals surface area contributed by atoms with E-state index in [4.69, 9.17) is 16.9 Å². The molecule has 0 radical (unpaired) electrons. The molecule has 0 heterocycles. The van der Waals surface area contributed by atoms with Crippen LogP contribution >= 0.6 is 11.6 Å². The maximum Gasteiger partial charge on any atom is 0.0992 e. The molecule has 0 spiro atoms. The van der Waals surface area contributed by atoms with Gasteiger partial charge in [0.2, 0.25) is 0 Å². The van der Waals surface area contributed by atoms with Gasteiger partial charge in [-0.25, -0.2) is 0 Å². The standard InChI is InChI=1S/C15H12ClN/c1-10-3-4-11(2)14(7-10)13-6-5-12(9-17)8-15(13)16/h3-8H,1-2H3. The van der Waals surface area contributed by atoms with Crippen LogP contribution in [0.2, 0.25) is 5.02 Å². The highest BCUT2D eigenvalue weighted by Crippen LogP contribution is 2.31. The van der Waals surface area contributed by atoms with Gasteiger partial charge < -0.3 is 0 Å². The molecule has 0 aliphatic heterocycles. The number of hydrogen-bond acceptors (Lipinski definition) is 1. The van der Waals surface area contributed by atoms with Gasteiger partial charge in [0.05, 0.1) is 11.6 Å². The van der Waals surface area contributed by atoms with Gasteiger partial charge in [-0.1, -0.05) is 41.4 Å². The van der Waals surface area contributed by atoms with E-state index in [9.17, 15) is 0 Å². The maximum atomic E-state index is 8.81. The number of nitrogens with zero attached hydrogens (tertiary/aromatic N) is 1. The molecule has 0 unspecified atom stereocenters. The van der Waals surface area contributed by atoms with Gasteiger partial charge in [0.1, 0.15) is 0 Å². The first kappa shape index (κ1) is 11.7. The van der Waals surface area contributed by atoms with E-state index >= 15 is 0 Å². The van der Waals surface area contributed by atoms with E-state index in [1.165, 1.54) is 11.1 Å². The monoisotopic (exact) mass is 241 g/mol. The Morgan fingerprint density at radius 2 is 1.76 bits per heavy atom. The lowest BCUT2D eigenvalue weighted by Crippen LogP contribution is -1.87. The Labute approximate surface area is 106 Å². The van der Waals surface area contributed by atoms with Crippen molar-refractivity contribution in [3.8, 4) is 17.2 Å². The van der Waals surface area contributed by atoms with Crippen LogP contribution in [0.3, 0.4) is 0 Å². The molecule has 2 rings (SSSR count). The topological polar surface area (TPSA) is 23.8 Å². The molecule has 0 atom stereocenters. The van der Waals surface area contributed by atoms with E-state index in [0.29, 0.717) is 10.6 Å². The highest BCUT2D eigenvalue weighted by Gasteiger charge is 2.07. The first-order valence-corrected chi connectivity index (χ1v) is 5.77. The number of aryl methyl sites for hydroxylation is 2. The zero-order chi connectivity index (χ0) is 12.4. The molecule has 0 N–H and O–H groups in total. The van der Waals surface area contributed by atoms with Crippen LogP contribution < -0.4 is 0 Å². The van der Waals surface area contributed by atoms with E-state index in [1.807, 2.05) is 6.07 Å². The molecule has 0 amide bonds. The van der Waals surface area contributed by atoms with Crippen LogP contribution in [0.15, 0.2) is 36.4 Å². The summed E-state index contributed by atoms with van der Waals surface area (Å²) in [5.41, 5.74) is 5.07. The minimum atomic E-state index is 0.587. The summed E-state index contributed by atoms with van der Waals surface area (Å²) in [5.74, 6) is 0. The van der Waals surface area contributed by atoms with Gasteiger partial charge in [-0.3, -0.25) is 0 Å². The van der Waals surface area contributed by atoms with Crippen molar-refractivity contribution in [3.63, 3.8) is 0 Å². The molecule has 0 aliphatic carbocycles. The van der Waals surface area contributed by atoms with E-state index < -0.39 is 0 Å². The maximum absolute atomic E-state index is 8.81. The highest BCUT2D eigenvalue weighted by atomic mass is 35.5. The fraction of sp³-hybridized carbons (Fsp3) is 0.133. The number of hydrogen-bond donors (Lipinski definition) is 0. The summed E-state index contributed by atoms with van der Waals surface area (Å²) in [4.78, 5) is 0. The normalized spacial score (nSPS) is 10.0. The zero-order valence-electron chi connectivity index (χ0n) is 9.79. The van der Waals surface area contributed by atoms with Crippen LogP contribution in [0.5, 0.6) is 0 Å². The third-order valence-electron chi connectivity index (χ3n) is 2.78. The van der Waals surface area contributed by atoms with Crippen LogP contribution in [-0.2, 0) is 0 Å². The average Bonchev–Trinajstić information content (AvgIpc) is 2.32. The first-order chi connectivity index (χ1) is 8.11. The van der Waals surface area contributed by atoms with Crippen LogP contribution in [0, 0.1) is 25.2 Å². The van der Waals surface area contributed by atoms with Crippen molar-refractivity contribution >= 4 is 11.6 Å². The van der Waals surface area contributed by atoms with E-state index in [2.05, 4.69) is 38.1 Å². The van der Waals surface area contributed by atoms with Crippen LogP contribution in [0.25, 0.3) is 11.1 Å². The molecule has 0 saturated heterocycles. The average molecular weight is 242 g/mol. The molecule has 0 fully saturated rings. The Hall–Kier alpha value is -1.78. The van der Waals surface area contributed by atoms with Gasteiger partial charge >= 0.3 is 0 Å². The predicted molar refractivity (Wildman–Crippen MR) is 71.1 cm³/mol. The lowest BCUT2D eigenvalue weighted by Gasteiger charge is -2.09.